The van der Waals surface area contributed by atoms with Crippen molar-refractivity contribution in [1.29, 1.82) is 0 Å². The number of morpholine rings is 1. The first-order valence-corrected chi connectivity index (χ1v) is 11.2. The largest absolute Gasteiger partial charge is 0.460 e. The number of alkyl halides is 6. The first-order chi connectivity index (χ1) is 16.6. The number of nitrogens with zero attached hydrogens (tertiary/aromatic N) is 1. The number of carbonyl (C=O) groups is 1. The molecule has 1 atom stereocenters. The van der Waals surface area contributed by atoms with Crippen molar-refractivity contribution >= 4 is 5.97 Å². The molecule has 2 aromatic rings. The molecule has 1 heterocycles. The average molecular weight is 519 g/mol. The van der Waals surface area contributed by atoms with Crippen LogP contribution < -0.4 is 4.74 Å². The first kappa shape index (κ1) is 27.8. The lowest BCUT2D eigenvalue weighted by Crippen LogP contribution is -2.39. The molecule has 1 unspecified atom stereocenters. The molecule has 5 nitrogen and oxygen atoms in total. The Bertz CT molecular complexity index is 1040. The fourth-order valence-electron chi connectivity index (χ4n) is 3.64. The molecule has 1 fully saturated rings. The molecule has 1 aliphatic heterocycles. The topological polar surface area (TPSA) is 48.0 Å². The molecule has 0 aromatic heterocycles. The summed E-state index contributed by atoms with van der Waals surface area (Å²) in [6.45, 7) is 7.37. The molecule has 2 aromatic carbocycles. The third-order valence-electron chi connectivity index (χ3n) is 5.30. The SMILES string of the molecule is CC(C)(C)OC(=O)CCN1CCOC(c2ccc(Oc3cc(C(F)(F)F)ccc3C(F)(F)F)cc2)C1. The summed E-state index contributed by atoms with van der Waals surface area (Å²) < 4.78 is 95.3. The monoisotopic (exact) mass is 519 g/mol. The summed E-state index contributed by atoms with van der Waals surface area (Å²) in [6, 6.07) is 6.97. The van der Waals surface area contributed by atoms with Gasteiger partial charge >= 0.3 is 18.3 Å². The van der Waals surface area contributed by atoms with Gasteiger partial charge in [0.15, 0.2) is 0 Å². The van der Waals surface area contributed by atoms with Gasteiger partial charge in [0, 0.05) is 19.6 Å². The van der Waals surface area contributed by atoms with E-state index < -0.39 is 34.8 Å². The molecular weight excluding hydrogens is 492 g/mol. The van der Waals surface area contributed by atoms with Crippen LogP contribution in [0.15, 0.2) is 42.5 Å². The fraction of sp³-hybridized carbons (Fsp3) is 0.480. The Kier molecular flexibility index (Phi) is 8.24. The van der Waals surface area contributed by atoms with Crippen LogP contribution in [0, 0.1) is 0 Å². The van der Waals surface area contributed by atoms with E-state index in [-0.39, 0.29) is 24.2 Å². The van der Waals surface area contributed by atoms with Crippen LogP contribution in [0.1, 0.15) is 50.0 Å². The van der Waals surface area contributed by atoms with Gasteiger partial charge in [0.2, 0.25) is 0 Å². The third kappa shape index (κ3) is 7.86. The van der Waals surface area contributed by atoms with Gasteiger partial charge < -0.3 is 14.2 Å². The second kappa shape index (κ2) is 10.7. The van der Waals surface area contributed by atoms with Crippen LogP contribution in [0.25, 0.3) is 0 Å². The number of hydrogen-bond donors (Lipinski definition) is 0. The summed E-state index contributed by atoms with van der Waals surface area (Å²) in [5.41, 5.74) is -2.41. The first-order valence-electron chi connectivity index (χ1n) is 11.2. The molecule has 1 saturated heterocycles. The summed E-state index contributed by atoms with van der Waals surface area (Å²) in [7, 11) is 0. The Balaban J connectivity index is 1.67. The van der Waals surface area contributed by atoms with E-state index in [0.717, 1.165) is 0 Å². The van der Waals surface area contributed by atoms with Crippen LogP contribution in [0.3, 0.4) is 0 Å². The standard InChI is InChI=1S/C25H27F6NO4/c1-23(2,3)36-22(33)10-11-32-12-13-34-21(15-32)16-4-7-18(8-5-16)35-20-14-17(24(26,27)28)6-9-19(20)25(29,30)31/h4-9,14,21H,10-13,15H2,1-3H3. The van der Waals surface area contributed by atoms with Crippen molar-refractivity contribution in [2.75, 3.05) is 26.2 Å². The van der Waals surface area contributed by atoms with Gasteiger partial charge in [0.05, 0.1) is 30.3 Å². The van der Waals surface area contributed by atoms with Crippen molar-refractivity contribution in [1.82, 2.24) is 4.90 Å². The number of carbonyl (C=O) groups excluding carboxylic acids is 1. The molecule has 1 aliphatic rings. The molecule has 0 spiro atoms. The van der Waals surface area contributed by atoms with Crippen molar-refractivity contribution in [3.63, 3.8) is 0 Å². The lowest BCUT2D eigenvalue weighted by atomic mass is 10.1. The number of rotatable bonds is 6. The van der Waals surface area contributed by atoms with E-state index in [2.05, 4.69) is 0 Å². The maximum Gasteiger partial charge on any atom is 0.419 e. The van der Waals surface area contributed by atoms with Crippen LogP contribution in [-0.2, 0) is 26.6 Å². The van der Waals surface area contributed by atoms with Crippen LogP contribution in [0.5, 0.6) is 11.5 Å². The van der Waals surface area contributed by atoms with E-state index in [1.54, 1.807) is 32.9 Å². The van der Waals surface area contributed by atoms with Gasteiger partial charge in [-0.2, -0.15) is 26.3 Å². The minimum Gasteiger partial charge on any atom is -0.460 e. The van der Waals surface area contributed by atoms with Gasteiger partial charge in [-0.3, -0.25) is 9.69 Å². The van der Waals surface area contributed by atoms with Crippen LogP contribution in [-0.4, -0.2) is 42.7 Å². The van der Waals surface area contributed by atoms with Crippen molar-refractivity contribution in [2.24, 2.45) is 0 Å². The van der Waals surface area contributed by atoms with E-state index in [9.17, 15) is 31.1 Å². The maximum atomic E-state index is 13.3. The smallest absolute Gasteiger partial charge is 0.419 e. The molecule has 0 saturated carbocycles. The quantitative estimate of drug-likeness (QED) is 0.317. The molecule has 0 N–H and O–H groups in total. The lowest BCUT2D eigenvalue weighted by Gasteiger charge is -2.33. The Hall–Kier alpha value is -2.79. The molecule has 3 rings (SSSR count). The van der Waals surface area contributed by atoms with E-state index in [1.807, 2.05) is 4.90 Å². The minimum atomic E-state index is -4.89. The van der Waals surface area contributed by atoms with Crippen molar-refractivity contribution in [3.8, 4) is 11.5 Å². The fourth-order valence-corrected chi connectivity index (χ4v) is 3.64. The summed E-state index contributed by atoms with van der Waals surface area (Å²) in [4.78, 5) is 14.0. The molecule has 11 heteroatoms. The normalized spacial score (nSPS) is 17.6. The lowest BCUT2D eigenvalue weighted by molar-refractivity contribution is -0.155. The number of benzene rings is 2. The maximum absolute atomic E-state index is 13.3. The van der Waals surface area contributed by atoms with Gasteiger partial charge in [-0.25, -0.2) is 0 Å². The predicted molar refractivity (Wildman–Crippen MR) is 119 cm³/mol. The third-order valence-corrected chi connectivity index (χ3v) is 5.30. The van der Waals surface area contributed by atoms with Gasteiger partial charge in [0.1, 0.15) is 17.1 Å². The highest BCUT2D eigenvalue weighted by Crippen LogP contribution is 2.41. The van der Waals surface area contributed by atoms with E-state index in [1.165, 1.54) is 12.1 Å². The van der Waals surface area contributed by atoms with Gasteiger partial charge in [-0.15, -0.1) is 0 Å². The van der Waals surface area contributed by atoms with Gasteiger partial charge in [-0.05, 0) is 56.7 Å². The Morgan fingerprint density at radius 1 is 1.00 bits per heavy atom. The summed E-state index contributed by atoms with van der Waals surface area (Å²) in [5.74, 6) is -1.30. The van der Waals surface area contributed by atoms with Crippen LogP contribution >= 0.6 is 0 Å². The van der Waals surface area contributed by atoms with Gasteiger partial charge in [-0.1, -0.05) is 12.1 Å². The molecule has 198 valence electrons. The summed E-state index contributed by atoms with van der Waals surface area (Å²) in [6.07, 6.45) is -9.85. The minimum absolute atomic E-state index is 0.0545. The zero-order chi connectivity index (χ0) is 26.7. The second-order valence-corrected chi connectivity index (χ2v) is 9.37. The van der Waals surface area contributed by atoms with Crippen LogP contribution in [0.2, 0.25) is 0 Å². The van der Waals surface area contributed by atoms with Crippen molar-refractivity contribution < 1.29 is 45.3 Å². The molecule has 0 amide bonds. The predicted octanol–water partition coefficient (Wildman–Crippen LogP) is 6.62. The van der Waals surface area contributed by atoms with E-state index in [0.29, 0.717) is 50.0 Å². The number of halogens is 6. The summed E-state index contributed by atoms with van der Waals surface area (Å²) >= 11 is 0. The summed E-state index contributed by atoms with van der Waals surface area (Å²) in [5, 5.41) is 0. The Morgan fingerprint density at radius 2 is 1.67 bits per heavy atom. The highest BCUT2D eigenvalue weighted by atomic mass is 19.4. The highest BCUT2D eigenvalue weighted by molar-refractivity contribution is 5.70. The number of hydrogen-bond acceptors (Lipinski definition) is 5. The van der Waals surface area contributed by atoms with Crippen LogP contribution in [0.4, 0.5) is 26.3 Å². The second-order valence-electron chi connectivity index (χ2n) is 9.37. The Labute approximate surface area is 204 Å². The van der Waals surface area contributed by atoms with Crippen molar-refractivity contribution in [2.45, 2.75) is 51.2 Å². The molecular formula is C25H27F6NO4. The van der Waals surface area contributed by atoms with E-state index >= 15 is 0 Å². The number of esters is 1. The molecule has 0 aliphatic carbocycles. The Morgan fingerprint density at radius 3 is 2.25 bits per heavy atom. The number of ether oxygens (including phenoxy) is 3. The molecule has 36 heavy (non-hydrogen) atoms. The molecule has 0 bridgehead atoms. The average Bonchev–Trinajstić information content (AvgIpc) is 2.76. The van der Waals surface area contributed by atoms with E-state index in [4.69, 9.17) is 14.2 Å². The van der Waals surface area contributed by atoms with Gasteiger partial charge in [0.25, 0.3) is 0 Å². The zero-order valence-electron chi connectivity index (χ0n) is 20.0. The highest BCUT2D eigenvalue weighted by Gasteiger charge is 2.38. The molecule has 0 radical (unpaired) electrons. The van der Waals surface area contributed by atoms with Crippen molar-refractivity contribution in [3.05, 3.63) is 59.2 Å². The zero-order valence-corrected chi connectivity index (χ0v) is 20.0.